The van der Waals surface area contributed by atoms with E-state index in [2.05, 4.69) is 11.4 Å². The van der Waals surface area contributed by atoms with E-state index in [1.807, 2.05) is 24.3 Å². The summed E-state index contributed by atoms with van der Waals surface area (Å²) in [6.45, 7) is 1.14. The number of halogens is 2. The maximum absolute atomic E-state index is 6.29. The molecule has 152 valence electrons. The van der Waals surface area contributed by atoms with Crippen LogP contribution in [0.4, 0.5) is 0 Å². The molecule has 0 amide bonds. The van der Waals surface area contributed by atoms with Gasteiger partial charge >= 0.3 is 0 Å². The highest BCUT2D eigenvalue weighted by molar-refractivity contribution is 6.35. The van der Waals surface area contributed by atoms with Crippen LogP contribution in [-0.2, 0) is 13.2 Å². The van der Waals surface area contributed by atoms with Gasteiger partial charge in [-0.05, 0) is 31.0 Å². The molecule has 0 aliphatic heterocycles. The van der Waals surface area contributed by atoms with E-state index in [0.29, 0.717) is 22.7 Å². The Morgan fingerprint density at radius 2 is 1.71 bits per heavy atom. The standard InChI is InChI=1S/C23H29Cl2NO2/c1-27-22-11-7-8-17(15-26-20-9-5-3-2-4-6-10-20)23(22)28-16-18-12-13-19(24)14-21(18)25/h7-8,11-14,20,26H,2-6,9-10,15-16H2,1H3. The average Bonchev–Trinajstić information content (AvgIpc) is 2.66. The van der Waals surface area contributed by atoms with Gasteiger partial charge in [-0.3, -0.25) is 0 Å². The Balaban J connectivity index is 1.69. The summed E-state index contributed by atoms with van der Waals surface area (Å²) in [5.41, 5.74) is 2.00. The van der Waals surface area contributed by atoms with Gasteiger partial charge in [-0.2, -0.15) is 0 Å². The smallest absolute Gasteiger partial charge is 0.166 e. The van der Waals surface area contributed by atoms with Gasteiger partial charge in [0.1, 0.15) is 6.61 Å². The van der Waals surface area contributed by atoms with Crippen LogP contribution in [0.3, 0.4) is 0 Å². The summed E-state index contributed by atoms with van der Waals surface area (Å²) in [4.78, 5) is 0. The van der Waals surface area contributed by atoms with E-state index >= 15 is 0 Å². The number of rotatable bonds is 7. The molecule has 0 unspecified atom stereocenters. The number of hydrogen-bond donors (Lipinski definition) is 1. The van der Waals surface area contributed by atoms with Crippen molar-refractivity contribution in [3.63, 3.8) is 0 Å². The SMILES string of the molecule is COc1cccc(CNC2CCCCCCC2)c1OCc1ccc(Cl)cc1Cl. The molecule has 1 aliphatic carbocycles. The molecule has 2 aromatic carbocycles. The first-order chi connectivity index (χ1) is 13.7. The molecule has 1 fully saturated rings. The lowest BCUT2D eigenvalue weighted by molar-refractivity contribution is 0.279. The lowest BCUT2D eigenvalue weighted by Gasteiger charge is -2.22. The second-order valence-electron chi connectivity index (χ2n) is 7.40. The molecule has 0 atom stereocenters. The monoisotopic (exact) mass is 421 g/mol. The molecule has 0 heterocycles. The summed E-state index contributed by atoms with van der Waals surface area (Å²) in [5.74, 6) is 1.51. The predicted molar refractivity (Wildman–Crippen MR) is 117 cm³/mol. The van der Waals surface area contributed by atoms with Gasteiger partial charge in [0.05, 0.1) is 7.11 Å². The van der Waals surface area contributed by atoms with E-state index in [1.165, 1.54) is 44.9 Å². The summed E-state index contributed by atoms with van der Waals surface area (Å²) in [5, 5.41) is 4.96. The summed E-state index contributed by atoms with van der Waals surface area (Å²) in [6.07, 6.45) is 9.22. The first-order valence-electron chi connectivity index (χ1n) is 10.1. The Labute approximate surface area is 178 Å². The van der Waals surface area contributed by atoms with Crippen molar-refractivity contribution >= 4 is 23.2 Å². The first-order valence-corrected chi connectivity index (χ1v) is 10.9. The van der Waals surface area contributed by atoms with Crippen LogP contribution in [0.1, 0.15) is 56.1 Å². The zero-order valence-electron chi connectivity index (χ0n) is 16.5. The highest BCUT2D eigenvalue weighted by atomic mass is 35.5. The zero-order valence-corrected chi connectivity index (χ0v) is 18.0. The number of para-hydroxylation sites is 1. The van der Waals surface area contributed by atoms with Crippen molar-refractivity contribution in [2.24, 2.45) is 0 Å². The molecular weight excluding hydrogens is 393 g/mol. The minimum atomic E-state index is 0.368. The molecule has 1 saturated carbocycles. The number of benzene rings is 2. The summed E-state index contributed by atoms with van der Waals surface area (Å²) in [7, 11) is 1.67. The molecule has 0 saturated heterocycles. The Morgan fingerprint density at radius 1 is 0.964 bits per heavy atom. The minimum Gasteiger partial charge on any atom is -0.493 e. The molecule has 1 aliphatic rings. The Hall–Kier alpha value is -1.42. The summed E-state index contributed by atoms with van der Waals surface area (Å²) in [6, 6.07) is 12.1. The van der Waals surface area contributed by atoms with Crippen molar-refractivity contribution < 1.29 is 9.47 Å². The van der Waals surface area contributed by atoms with Gasteiger partial charge in [-0.15, -0.1) is 0 Å². The van der Waals surface area contributed by atoms with Crippen LogP contribution in [0, 0.1) is 0 Å². The third-order valence-electron chi connectivity index (χ3n) is 5.35. The second kappa shape index (κ2) is 10.9. The highest BCUT2D eigenvalue weighted by Gasteiger charge is 2.15. The van der Waals surface area contributed by atoms with Crippen LogP contribution in [0.15, 0.2) is 36.4 Å². The molecular formula is C23H29Cl2NO2. The van der Waals surface area contributed by atoms with Crippen molar-refractivity contribution in [2.45, 2.75) is 64.1 Å². The van der Waals surface area contributed by atoms with Crippen molar-refractivity contribution in [1.29, 1.82) is 0 Å². The van der Waals surface area contributed by atoms with Gasteiger partial charge in [-0.25, -0.2) is 0 Å². The molecule has 0 bridgehead atoms. The molecule has 5 heteroatoms. The summed E-state index contributed by atoms with van der Waals surface area (Å²) < 4.78 is 11.7. The maximum atomic E-state index is 6.29. The second-order valence-corrected chi connectivity index (χ2v) is 8.24. The van der Waals surface area contributed by atoms with E-state index < -0.39 is 0 Å². The third kappa shape index (κ3) is 6.04. The molecule has 0 radical (unpaired) electrons. The van der Waals surface area contributed by atoms with Gasteiger partial charge in [0.15, 0.2) is 11.5 Å². The molecule has 2 aromatic rings. The molecule has 1 N–H and O–H groups in total. The minimum absolute atomic E-state index is 0.368. The zero-order chi connectivity index (χ0) is 19.8. The van der Waals surface area contributed by atoms with Crippen LogP contribution < -0.4 is 14.8 Å². The molecule has 0 aromatic heterocycles. The highest BCUT2D eigenvalue weighted by Crippen LogP contribution is 2.33. The van der Waals surface area contributed by atoms with E-state index in [0.717, 1.165) is 29.2 Å². The fourth-order valence-corrected chi connectivity index (χ4v) is 4.19. The fraction of sp³-hybridized carbons (Fsp3) is 0.478. The topological polar surface area (TPSA) is 30.5 Å². The van der Waals surface area contributed by atoms with Crippen LogP contribution in [0.25, 0.3) is 0 Å². The first kappa shape index (κ1) is 21.3. The summed E-state index contributed by atoms with van der Waals surface area (Å²) >= 11 is 12.3. The Bertz CT molecular complexity index is 758. The molecule has 28 heavy (non-hydrogen) atoms. The molecule has 0 spiro atoms. The van der Waals surface area contributed by atoms with Crippen molar-refractivity contribution in [2.75, 3.05) is 7.11 Å². The number of nitrogens with one attached hydrogen (secondary N) is 1. The quantitative estimate of drug-likeness (QED) is 0.533. The van der Waals surface area contributed by atoms with E-state index in [-0.39, 0.29) is 0 Å². The van der Waals surface area contributed by atoms with Gasteiger partial charge < -0.3 is 14.8 Å². The van der Waals surface area contributed by atoms with Gasteiger partial charge in [0.25, 0.3) is 0 Å². The van der Waals surface area contributed by atoms with Crippen LogP contribution in [-0.4, -0.2) is 13.2 Å². The molecule has 3 rings (SSSR count). The predicted octanol–water partition coefficient (Wildman–Crippen LogP) is 6.78. The number of ether oxygens (including phenoxy) is 2. The van der Waals surface area contributed by atoms with E-state index in [1.54, 1.807) is 13.2 Å². The lowest BCUT2D eigenvalue weighted by Crippen LogP contribution is -2.29. The maximum Gasteiger partial charge on any atom is 0.166 e. The van der Waals surface area contributed by atoms with Gasteiger partial charge in [0, 0.05) is 33.8 Å². The number of methoxy groups -OCH3 is 1. The fourth-order valence-electron chi connectivity index (χ4n) is 3.73. The third-order valence-corrected chi connectivity index (χ3v) is 5.94. The van der Waals surface area contributed by atoms with Crippen molar-refractivity contribution in [3.05, 3.63) is 57.6 Å². The van der Waals surface area contributed by atoms with Crippen molar-refractivity contribution in [1.82, 2.24) is 5.32 Å². The Kier molecular flexibility index (Phi) is 8.32. The van der Waals surface area contributed by atoms with Crippen LogP contribution >= 0.6 is 23.2 Å². The number of hydrogen-bond acceptors (Lipinski definition) is 3. The van der Waals surface area contributed by atoms with E-state index in [4.69, 9.17) is 32.7 Å². The normalized spacial score (nSPS) is 15.7. The average molecular weight is 422 g/mol. The van der Waals surface area contributed by atoms with Crippen molar-refractivity contribution in [3.8, 4) is 11.5 Å². The van der Waals surface area contributed by atoms with Crippen LogP contribution in [0.5, 0.6) is 11.5 Å². The Morgan fingerprint density at radius 3 is 2.43 bits per heavy atom. The molecule has 3 nitrogen and oxygen atoms in total. The van der Waals surface area contributed by atoms with E-state index in [9.17, 15) is 0 Å². The largest absolute Gasteiger partial charge is 0.493 e. The van der Waals surface area contributed by atoms with Gasteiger partial charge in [-0.1, -0.05) is 73.5 Å². The van der Waals surface area contributed by atoms with Gasteiger partial charge in [0.2, 0.25) is 0 Å². The lowest BCUT2D eigenvalue weighted by atomic mass is 9.96. The van der Waals surface area contributed by atoms with Crippen LogP contribution in [0.2, 0.25) is 10.0 Å².